The summed E-state index contributed by atoms with van der Waals surface area (Å²) in [6, 6.07) is 7.86. The molecule has 1 aromatic carbocycles. The van der Waals surface area contributed by atoms with E-state index in [2.05, 4.69) is 26.1 Å². The lowest BCUT2D eigenvalue weighted by atomic mass is 9.92. The van der Waals surface area contributed by atoms with Gasteiger partial charge >= 0.3 is 0 Å². The lowest BCUT2D eigenvalue weighted by Gasteiger charge is -2.18. The number of hydrogen-bond donors (Lipinski definition) is 1. The molecule has 0 unspecified atom stereocenters. The SMILES string of the molecule is CSc1ccccc1NC(=O)CC(C)(C)C. The number of benzene rings is 1. The van der Waals surface area contributed by atoms with Gasteiger partial charge in [0.05, 0.1) is 5.69 Å². The molecule has 3 heteroatoms. The van der Waals surface area contributed by atoms with Crippen molar-refractivity contribution in [1.82, 2.24) is 0 Å². The fourth-order valence-corrected chi connectivity index (χ4v) is 1.98. The zero-order valence-electron chi connectivity index (χ0n) is 10.3. The van der Waals surface area contributed by atoms with E-state index in [1.807, 2.05) is 30.5 Å². The van der Waals surface area contributed by atoms with Gasteiger partial charge in [-0.05, 0) is 23.8 Å². The summed E-state index contributed by atoms with van der Waals surface area (Å²) in [7, 11) is 0. The lowest BCUT2D eigenvalue weighted by Crippen LogP contribution is -2.19. The topological polar surface area (TPSA) is 29.1 Å². The lowest BCUT2D eigenvalue weighted by molar-refractivity contribution is -0.117. The van der Waals surface area contributed by atoms with E-state index in [1.165, 1.54) is 0 Å². The predicted molar refractivity (Wildman–Crippen MR) is 70.9 cm³/mol. The second kappa shape index (κ2) is 5.39. The zero-order chi connectivity index (χ0) is 12.2. The molecule has 0 atom stereocenters. The van der Waals surface area contributed by atoms with E-state index < -0.39 is 0 Å². The quantitative estimate of drug-likeness (QED) is 0.810. The summed E-state index contributed by atoms with van der Waals surface area (Å²) in [5.41, 5.74) is 0.933. The Morgan fingerprint density at radius 2 is 1.94 bits per heavy atom. The van der Waals surface area contributed by atoms with Gasteiger partial charge in [-0.1, -0.05) is 32.9 Å². The molecule has 0 aliphatic rings. The Morgan fingerprint density at radius 1 is 1.31 bits per heavy atom. The minimum Gasteiger partial charge on any atom is -0.325 e. The molecule has 0 saturated heterocycles. The second-order valence-electron chi connectivity index (χ2n) is 4.99. The molecule has 0 saturated carbocycles. The van der Waals surface area contributed by atoms with Crippen LogP contribution >= 0.6 is 11.8 Å². The van der Waals surface area contributed by atoms with Crippen molar-refractivity contribution in [1.29, 1.82) is 0 Å². The molecule has 0 aliphatic carbocycles. The average Bonchev–Trinajstić information content (AvgIpc) is 2.15. The highest BCUT2D eigenvalue weighted by atomic mass is 32.2. The third kappa shape index (κ3) is 4.27. The third-order valence-corrected chi connectivity index (χ3v) is 2.87. The molecule has 2 nitrogen and oxygen atoms in total. The maximum atomic E-state index is 11.8. The predicted octanol–water partition coefficient (Wildman–Crippen LogP) is 3.78. The van der Waals surface area contributed by atoms with Crippen LogP contribution in [0.15, 0.2) is 29.2 Å². The first kappa shape index (κ1) is 13.1. The molecule has 88 valence electrons. The van der Waals surface area contributed by atoms with Gasteiger partial charge in [-0.3, -0.25) is 4.79 Å². The second-order valence-corrected chi connectivity index (χ2v) is 5.83. The Hall–Kier alpha value is -0.960. The fraction of sp³-hybridized carbons (Fsp3) is 0.462. The standard InChI is InChI=1S/C13H19NOS/c1-13(2,3)9-12(15)14-10-7-5-6-8-11(10)16-4/h5-8H,9H2,1-4H3,(H,14,15). The largest absolute Gasteiger partial charge is 0.325 e. The Kier molecular flexibility index (Phi) is 4.42. The van der Waals surface area contributed by atoms with E-state index >= 15 is 0 Å². The number of thioether (sulfide) groups is 1. The summed E-state index contributed by atoms with van der Waals surface area (Å²) in [6.45, 7) is 6.19. The number of amides is 1. The van der Waals surface area contributed by atoms with Gasteiger partial charge in [0.15, 0.2) is 0 Å². The van der Waals surface area contributed by atoms with Gasteiger partial charge in [0.25, 0.3) is 0 Å². The first-order valence-electron chi connectivity index (χ1n) is 5.35. The molecule has 0 fully saturated rings. The highest BCUT2D eigenvalue weighted by Crippen LogP contribution is 2.26. The van der Waals surface area contributed by atoms with Crippen molar-refractivity contribution in [3.63, 3.8) is 0 Å². The highest BCUT2D eigenvalue weighted by Gasteiger charge is 2.16. The molecule has 0 radical (unpaired) electrons. The zero-order valence-corrected chi connectivity index (χ0v) is 11.1. The van der Waals surface area contributed by atoms with E-state index in [0.29, 0.717) is 6.42 Å². The summed E-state index contributed by atoms with van der Waals surface area (Å²) in [5.74, 6) is 0.0778. The Bertz CT molecular complexity index is 368. The molecular formula is C13H19NOS. The number of carbonyl (C=O) groups is 1. The highest BCUT2D eigenvalue weighted by molar-refractivity contribution is 7.98. The van der Waals surface area contributed by atoms with Crippen LogP contribution in [0.3, 0.4) is 0 Å². The monoisotopic (exact) mass is 237 g/mol. The number of nitrogens with one attached hydrogen (secondary N) is 1. The van der Waals surface area contributed by atoms with Crippen molar-refractivity contribution >= 4 is 23.4 Å². The van der Waals surface area contributed by atoms with Crippen molar-refractivity contribution in [3.05, 3.63) is 24.3 Å². The van der Waals surface area contributed by atoms with Gasteiger partial charge in [0, 0.05) is 11.3 Å². The summed E-state index contributed by atoms with van der Waals surface area (Å²) < 4.78 is 0. The first-order valence-corrected chi connectivity index (χ1v) is 6.58. The summed E-state index contributed by atoms with van der Waals surface area (Å²) in [6.07, 6.45) is 2.55. The maximum Gasteiger partial charge on any atom is 0.224 e. The molecule has 1 amide bonds. The van der Waals surface area contributed by atoms with E-state index in [4.69, 9.17) is 0 Å². The minimum absolute atomic E-state index is 0.0262. The van der Waals surface area contributed by atoms with Crippen molar-refractivity contribution in [2.75, 3.05) is 11.6 Å². The molecule has 0 aliphatic heterocycles. The Balaban J connectivity index is 2.70. The van der Waals surface area contributed by atoms with Crippen molar-refractivity contribution in [2.45, 2.75) is 32.1 Å². The summed E-state index contributed by atoms with van der Waals surface area (Å²) >= 11 is 1.64. The van der Waals surface area contributed by atoms with Crippen LogP contribution in [0.25, 0.3) is 0 Å². The van der Waals surface area contributed by atoms with Crippen molar-refractivity contribution in [2.24, 2.45) is 5.41 Å². The van der Waals surface area contributed by atoms with Gasteiger partial charge in [0.1, 0.15) is 0 Å². The number of rotatable bonds is 3. The fourth-order valence-electron chi connectivity index (χ4n) is 1.42. The van der Waals surface area contributed by atoms with Gasteiger partial charge in [-0.15, -0.1) is 11.8 Å². The van der Waals surface area contributed by atoms with Crippen molar-refractivity contribution < 1.29 is 4.79 Å². The van der Waals surface area contributed by atoms with E-state index in [1.54, 1.807) is 11.8 Å². The molecular weight excluding hydrogens is 218 g/mol. The van der Waals surface area contributed by atoms with Gasteiger partial charge in [-0.2, -0.15) is 0 Å². The smallest absolute Gasteiger partial charge is 0.224 e. The molecule has 1 aromatic rings. The van der Waals surface area contributed by atoms with Crippen LogP contribution in [-0.2, 0) is 4.79 Å². The van der Waals surface area contributed by atoms with Crippen LogP contribution in [0.5, 0.6) is 0 Å². The third-order valence-electron chi connectivity index (χ3n) is 2.07. The maximum absolute atomic E-state index is 11.8. The van der Waals surface area contributed by atoms with Gasteiger partial charge < -0.3 is 5.32 Å². The van der Waals surface area contributed by atoms with E-state index in [0.717, 1.165) is 10.6 Å². The van der Waals surface area contributed by atoms with E-state index in [-0.39, 0.29) is 11.3 Å². The number of para-hydroxylation sites is 1. The van der Waals surface area contributed by atoms with Crippen molar-refractivity contribution in [3.8, 4) is 0 Å². The van der Waals surface area contributed by atoms with Crippen LogP contribution in [-0.4, -0.2) is 12.2 Å². The molecule has 0 spiro atoms. The molecule has 0 heterocycles. The normalized spacial score (nSPS) is 11.2. The van der Waals surface area contributed by atoms with Crippen LogP contribution in [0.4, 0.5) is 5.69 Å². The number of anilines is 1. The van der Waals surface area contributed by atoms with Gasteiger partial charge in [-0.25, -0.2) is 0 Å². The molecule has 0 bridgehead atoms. The number of hydrogen-bond acceptors (Lipinski definition) is 2. The molecule has 1 rings (SSSR count). The molecule has 16 heavy (non-hydrogen) atoms. The Labute approximate surface area is 102 Å². The van der Waals surface area contributed by atoms with Gasteiger partial charge in [0.2, 0.25) is 5.91 Å². The Morgan fingerprint density at radius 3 is 2.50 bits per heavy atom. The van der Waals surface area contributed by atoms with Crippen LogP contribution in [0.2, 0.25) is 0 Å². The average molecular weight is 237 g/mol. The molecule has 0 aromatic heterocycles. The molecule has 1 N–H and O–H groups in total. The van der Waals surface area contributed by atoms with Crippen LogP contribution < -0.4 is 5.32 Å². The number of carbonyl (C=O) groups excluding carboxylic acids is 1. The van der Waals surface area contributed by atoms with Crippen LogP contribution in [0, 0.1) is 5.41 Å². The van der Waals surface area contributed by atoms with E-state index in [9.17, 15) is 4.79 Å². The first-order chi connectivity index (χ1) is 7.42. The minimum atomic E-state index is 0.0262. The summed E-state index contributed by atoms with van der Waals surface area (Å²) in [4.78, 5) is 12.9. The van der Waals surface area contributed by atoms with Crippen LogP contribution in [0.1, 0.15) is 27.2 Å². The summed E-state index contributed by atoms with van der Waals surface area (Å²) in [5, 5.41) is 2.96.